The van der Waals surface area contributed by atoms with Crippen LogP contribution in [0.1, 0.15) is 39.1 Å². The van der Waals surface area contributed by atoms with Crippen LogP contribution in [0.25, 0.3) is 0 Å². The number of amides is 2. The monoisotopic (exact) mass is 279 g/mol. The third-order valence-corrected chi connectivity index (χ3v) is 3.54. The van der Waals surface area contributed by atoms with Gasteiger partial charge in [0.05, 0.1) is 6.54 Å². The van der Waals surface area contributed by atoms with E-state index in [1.54, 1.807) is 24.8 Å². The number of rotatable bonds is 2. The van der Waals surface area contributed by atoms with Crippen molar-refractivity contribution in [1.29, 1.82) is 0 Å². The molecule has 0 bridgehead atoms. The normalized spacial score (nSPS) is 23.9. The molecule has 2 amide bonds. The lowest BCUT2D eigenvalue weighted by Crippen LogP contribution is -2.65. The molecule has 0 aliphatic carbocycles. The van der Waals surface area contributed by atoms with E-state index >= 15 is 0 Å². The third kappa shape index (κ3) is 2.69. The second kappa shape index (κ2) is 4.92. The van der Waals surface area contributed by atoms with E-state index in [0.29, 0.717) is 11.5 Å². The van der Waals surface area contributed by atoms with Crippen LogP contribution in [0.15, 0.2) is 10.6 Å². The molecule has 1 fully saturated rings. The molecular formula is C14H21N3O3. The smallest absolute Gasteiger partial charge is 0.246 e. The van der Waals surface area contributed by atoms with Crippen molar-refractivity contribution in [3.63, 3.8) is 0 Å². The molecule has 2 heterocycles. The first-order valence-corrected chi connectivity index (χ1v) is 6.73. The number of aromatic nitrogens is 1. The van der Waals surface area contributed by atoms with Crippen LogP contribution >= 0.6 is 0 Å². The van der Waals surface area contributed by atoms with Gasteiger partial charge in [0.15, 0.2) is 0 Å². The van der Waals surface area contributed by atoms with Gasteiger partial charge in [0, 0.05) is 6.07 Å². The molecule has 1 N–H and O–H groups in total. The van der Waals surface area contributed by atoms with E-state index in [-0.39, 0.29) is 23.8 Å². The summed E-state index contributed by atoms with van der Waals surface area (Å²) >= 11 is 0. The zero-order chi connectivity index (χ0) is 15.1. The first-order valence-electron chi connectivity index (χ1n) is 6.73. The molecule has 1 aliphatic rings. The fourth-order valence-electron chi connectivity index (χ4n) is 2.29. The molecule has 2 atom stereocenters. The minimum Gasteiger partial charge on any atom is -0.361 e. The van der Waals surface area contributed by atoms with Gasteiger partial charge in [-0.1, -0.05) is 25.9 Å². The maximum Gasteiger partial charge on any atom is 0.246 e. The highest BCUT2D eigenvalue weighted by Crippen LogP contribution is 2.26. The fraction of sp³-hybridized carbons (Fsp3) is 0.643. The van der Waals surface area contributed by atoms with Gasteiger partial charge in [0.25, 0.3) is 0 Å². The lowest BCUT2D eigenvalue weighted by Gasteiger charge is -2.41. The molecule has 1 aromatic rings. The van der Waals surface area contributed by atoms with E-state index in [4.69, 9.17) is 4.52 Å². The molecular weight excluding hydrogens is 258 g/mol. The van der Waals surface area contributed by atoms with Gasteiger partial charge in [0.2, 0.25) is 11.8 Å². The van der Waals surface area contributed by atoms with Crippen LogP contribution in [0.2, 0.25) is 0 Å². The van der Waals surface area contributed by atoms with Gasteiger partial charge in [-0.25, -0.2) is 0 Å². The maximum absolute atomic E-state index is 12.6. The Balaban J connectivity index is 2.24. The molecule has 110 valence electrons. The van der Waals surface area contributed by atoms with Crippen molar-refractivity contribution >= 4 is 11.8 Å². The summed E-state index contributed by atoms with van der Waals surface area (Å²) in [5, 5.41) is 6.69. The fourth-order valence-corrected chi connectivity index (χ4v) is 2.29. The lowest BCUT2D eigenvalue weighted by molar-refractivity contribution is -0.152. The molecule has 0 spiro atoms. The van der Waals surface area contributed by atoms with Gasteiger partial charge < -0.3 is 14.7 Å². The zero-order valence-corrected chi connectivity index (χ0v) is 12.6. The van der Waals surface area contributed by atoms with Crippen molar-refractivity contribution in [2.24, 2.45) is 5.41 Å². The Morgan fingerprint density at radius 1 is 1.40 bits per heavy atom. The minimum atomic E-state index is -0.515. The van der Waals surface area contributed by atoms with Crippen LogP contribution in [0.3, 0.4) is 0 Å². The largest absolute Gasteiger partial charge is 0.361 e. The maximum atomic E-state index is 12.6. The van der Waals surface area contributed by atoms with Gasteiger partial charge >= 0.3 is 0 Å². The number of aryl methyl sites for hydroxylation is 1. The Bertz CT molecular complexity index is 530. The second-order valence-electron chi connectivity index (χ2n) is 6.38. The van der Waals surface area contributed by atoms with Crippen molar-refractivity contribution in [2.75, 3.05) is 0 Å². The molecule has 6 heteroatoms. The number of carbonyl (C=O) groups is 2. The average Bonchev–Trinajstić information content (AvgIpc) is 2.73. The van der Waals surface area contributed by atoms with E-state index < -0.39 is 12.1 Å². The molecule has 0 aromatic carbocycles. The Hall–Kier alpha value is -1.85. The molecule has 1 saturated heterocycles. The van der Waals surface area contributed by atoms with Gasteiger partial charge in [0.1, 0.15) is 23.5 Å². The number of hydrogen-bond donors (Lipinski definition) is 1. The highest BCUT2D eigenvalue weighted by atomic mass is 16.5. The molecule has 2 unspecified atom stereocenters. The summed E-state index contributed by atoms with van der Waals surface area (Å²) < 4.78 is 5.01. The van der Waals surface area contributed by atoms with E-state index in [1.807, 2.05) is 20.8 Å². The Labute approximate surface area is 118 Å². The summed E-state index contributed by atoms with van der Waals surface area (Å²) in [6.45, 7) is 9.61. The molecule has 1 aliphatic heterocycles. The second-order valence-corrected chi connectivity index (χ2v) is 6.38. The van der Waals surface area contributed by atoms with Crippen LogP contribution in [0, 0.1) is 12.3 Å². The summed E-state index contributed by atoms with van der Waals surface area (Å²) in [5.74, 6) is 0.476. The highest BCUT2D eigenvalue weighted by molar-refractivity contribution is 5.97. The van der Waals surface area contributed by atoms with E-state index in [2.05, 4.69) is 10.5 Å². The Morgan fingerprint density at radius 3 is 2.55 bits per heavy atom. The van der Waals surface area contributed by atoms with E-state index in [9.17, 15) is 9.59 Å². The SMILES string of the molecule is Cc1cc(CN2C(=O)C(C(C)(C)C)NC(=O)C2C)no1. The highest BCUT2D eigenvalue weighted by Gasteiger charge is 2.43. The molecule has 0 saturated carbocycles. The van der Waals surface area contributed by atoms with Crippen LogP contribution in [0.4, 0.5) is 0 Å². The van der Waals surface area contributed by atoms with Crippen LogP contribution in [0.5, 0.6) is 0 Å². The third-order valence-electron chi connectivity index (χ3n) is 3.54. The topological polar surface area (TPSA) is 75.4 Å². The predicted octanol–water partition coefficient (Wildman–Crippen LogP) is 1.24. The average molecular weight is 279 g/mol. The lowest BCUT2D eigenvalue weighted by atomic mass is 9.84. The number of carbonyl (C=O) groups excluding carboxylic acids is 2. The predicted molar refractivity (Wildman–Crippen MR) is 72.6 cm³/mol. The van der Waals surface area contributed by atoms with Crippen LogP contribution < -0.4 is 5.32 Å². The molecule has 1 aromatic heterocycles. The van der Waals surface area contributed by atoms with Crippen molar-refractivity contribution in [3.8, 4) is 0 Å². The molecule has 0 radical (unpaired) electrons. The number of piperazine rings is 1. The first kappa shape index (κ1) is 14.6. The van der Waals surface area contributed by atoms with Gasteiger partial charge in [-0.2, -0.15) is 0 Å². The van der Waals surface area contributed by atoms with Gasteiger partial charge in [-0.15, -0.1) is 0 Å². The van der Waals surface area contributed by atoms with Crippen molar-refractivity contribution < 1.29 is 14.1 Å². The summed E-state index contributed by atoms with van der Waals surface area (Å²) in [6, 6.07) is 0.760. The summed E-state index contributed by atoms with van der Waals surface area (Å²) in [5.41, 5.74) is 0.329. The van der Waals surface area contributed by atoms with Crippen molar-refractivity contribution in [1.82, 2.24) is 15.4 Å². The molecule has 6 nitrogen and oxygen atoms in total. The summed E-state index contributed by atoms with van der Waals surface area (Å²) in [4.78, 5) is 26.2. The molecule has 20 heavy (non-hydrogen) atoms. The van der Waals surface area contributed by atoms with E-state index in [0.717, 1.165) is 0 Å². The zero-order valence-electron chi connectivity index (χ0n) is 12.6. The Kier molecular flexibility index (Phi) is 3.58. The van der Waals surface area contributed by atoms with Crippen LogP contribution in [-0.2, 0) is 16.1 Å². The first-order chi connectivity index (χ1) is 9.20. The van der Waals surface area contributed by atoms with Crippen LogP contribution in [-0.4, -0.2) is 34.0 Å². The van der Waals surface area contributed by atoms with E-state index in [1.165, 1.54) is 0 Å². The van der Waals surface area contributed by atoms with Crippen molar-refractivity contribution in [3.05, 3.63) is 17.5 Å². The van der Waals surface area contributed by atoms with Gasteiger partial charge in [-0.05, 0) is 19.3 Å². The number of nitrogens with zero attached hydrogens (tertiary/aromatic N) is 2. The number of nitrogens with one attached hydrogen (secondary N) is 1. The minimum absolute atomic E-state index is 0.0785. The van der Waals surface area contributed by atoms with Crippen molar-refractivity contribution in [2.45, 2.75) is 53.2 Å². The summed E-state index contributed by atoms with van der Waals surface area (Å²) in [6.07, 6.45) is 0. The molecule has 2 rings (SSSR count). The standard InChI is InChI=1S/C14H21N3O3/c1-8-6-10(16-20-8)7-17-9(2)12(18)15-11(13(17)19)14(3,4)5/h6,9,11H,7H2,1-5H3,(H,15,18). The quantitative estimate of drug-likeness (QED) is 0.884. The van der Waals surface area contributed by atoms with Gasteiger partial charge in [-0.3, -0.25) is 9.59 Å². The summed E-state index contributed by atoms with van der Waals surface area (Å²) in [7, 11) is 0. The Morgan fingerprint density at radius 2 is 2.05 bits per heavy atom. The number of hydrogen-bond acceptors (Lipinski definition) is 4.